The minimum absolute atomic E-state index is 0.0628. The van der Waals surface area contributed by atoms with Crippen molar-refractivity contribution in [3.8, 4) is 11.5 Å². The van der Waals surface area contributed by atoms with Gasteiger partial charge in [0.25, 0.3) is 0 Å². The SMILES string of the molecule is CCCCCCC(=O)Nc1ccc2c(c1)OCCO2. The molecule has 0 saturated carbocycles. The molecule has 0 atom stereocenters. The molecule has 0 bridgehead atoms. The predicted molar refractivity (Wildman–Crippen MR) is 74.8 cm³/mol. The van der Waals surface area contributed by atoms with Crippen LogP contribution in [0.25, 0.3) is 0 Å². The first-order valence-electron chi connectivity index (χ1n) is 6.99. The van der Waals surface area contributed by atoms with E-state index in [2.05, 4.69) is 12.2 Å². The van der Waals surface area contributed by atoms with Gasteiger partial charge in [-0.25, -0.2) is 0 Å². The first-order valence-corrected chi connectivity index (χ1v) is 6.99. The Kier molecular flexibility index (Phi) is 5.07. The molecule has 0 fully saturated rings. The van der Waals surface area contributed by atoms with Gasteiger partial charge in [-0.15, -0.1) is 0 Å². The quantitative estimate of drug-likeness (QED) is 0.800. The molecule has 4 nitrogen and oxygen atoms in total. The smallest absolute Gasteiger partial charge is 0.224 e. The van der Waals surface area contributed by atoms with Crippen LogP contribution in [-0.4, -0.2) is 19.1 Å². The van der Waals surface area contributed by atoms with Crippen molar-refractivity contribution >= 4 is 11.6 Å². The number of unbranched alkanes of at least 4 members (excludes halogenated alkanes) is 3. The lowest BCUT2D eigenvalue weighted by molar-refractivity contribution is -0.116. The van der Waals surface area contributed by atoms with E-state index in [9.17, 15) is 4.79 Å². The third-order valence-corrected chi connectivity index (χ3v) is 3.08. The number of amides is 1. The predicted octanol–water partition coefficient (Wildman–Crippen LogP) is 3.37. The minimum atomic E-state index is 0.0628. The number of benzene rings is 1. The van der Waals surface area contributed by atoms with Gasteiger partial charge in [-0.2, -0.15) is 0 Å². The zero-order valence-corrected chi connectivity index (χ0v) is 11.4. The number of fused-ring (bicyclic) bond motifs is 1. The van der Waals surface area contributed by atoms with Crippen LogP contribution >= 0.6 is 0 Å². The Labute approximate surface area is 114 Å². The average Bonchev–Trinajstić information content (AvgIpc) is 2.43. The van der Waals surface area contributed by atoms with Crippen molar-refractivity contribution < 1.29 is 14.3 Å². The molecule has 0 radical (unpaired) electrons. The average molecular weight is 263 g/mol. The third-order valence-electron chi connectivity index (χ3n) is 3.08. The van der Waals surface area contributed by atoms with E-state index in [4.69, 9.17) is 9.47 Å². The summed E-state index contributed by atoms with van der Waals surface area (Å²) in [5, 5.41) is 2.89. The molecular formula is C15H21NO3. The van der Waals surface area contributed by atoms with Crippen LogP contribution < -0.4 is 14.8 Å². The van der Waals surface area contributed by atoms with Crippen LogP contribution in [0.15, 0.2) is 18.2 Å². The molecule has 1 N–H and O–H groups in total. The van der Waals surface area contributed by atoms with E-state index in [0.29, 0.717) is 25.4 Å². The van der Waals surface area contributed by atoms with Gasteiger partial charge in [0, 0.05) is 18.2 Å². The summed E-state index contributed by atoms with van der Waals surface area (Å²) < 4.78 is 10.9. The van der Waals surface area contributed by atoms with E-state index in [1.54, 1.807) is 0 Å². The molecule has 2 rings (SSSR count). The summed E-state index contributed by atoms with van der Waals surface area (Å²) in [5.74, 6) is 1.51. The number of anilines is 1. The number of ether oxygens (including phenoxy) is 2. The van der Waals surface area contributed by atoms with Gasteiger partial charge >= 0.3 is 0 Å². The van der Waals surface area contributed by atoms with Gasteiger partial charge in [0.15, 0.2) is 11.5 Å². The highest BCUT2D eigenvalue weighted by molar-refractivity contribution is 5.91. The second-order valence-electron chi connectivity index (χ2n) is 4.72. The highest BCUT2D eigenvalue weighted by Gasteiger charge is 2.12. The molecule has 4 heteroatoms. The number of rotatable bonds is 6. The molecule has 1 amide bonds. The van der Waals surface area contributed by atoms with E-state index >= 15 is 0 Å². The summed E-state index contributed by atoms with van der Waals surface area (Å²) in [7, 11) is 0. The third kappa shape index (κ3) is 4.16. The van der Waals surface area contributed by atoms with E-state index in [0.717, 1.165) is 24.3 Å². The highest BCUT2D eigenvalue weighted by atomic mass is 16.6. The lowest BCUT2D eigenvalue weighted by Gasteiger charge is -2.19. The van der Waals surface area contributed by atoms with Crippen LogP contribution in [0.3, 0.4) is 0 Å². The fourth-order valence-electron chi connectivity index (χ4n) is 2.06. The fourth-order valence-corrected chi connectivity index (χ4v) is 2.06. The second kappa shape index (κ2) is 7.02. The Balaban J connectivity index is 1.83. The van der Waals surface area contributed by atoms with Crippen LogP contribution in [0.4, 0.5) is 5.69 Å². The maximum Gasteiger partial charge on any atom is 0.224 e. The Morgan fingerprint density at radius 1 is 1.16 bits per heavy atom. The summed E-state index contributed by atoms with van der Waals surface area (Å²) in [4.78, 5) is 11.8. The maximum absolute atomic E-state index is 11.8. The zero-order chi connectivity index (χ0) is 13.5. The van der Waals surface area contributed by atoms with Crippen LogP contribution in [0, 0.1) is 0 Å². The Morgan fingerprint density at radius 3 is 2.74 bits per heavy atom. The zero-order valence-electron chi connectivity index (χ0n) is 11.4. The summed E-state index contributed by atoms with van der Waals surface area (Å²) in [6.07, 6.45) is 5.02. The number of hydrogen-bond donors (Lipinski definition) is 1. The van der Waals surface area contributed by atoms with Crippen molar-refractivity contribution in [2.24, 2.45) is 0 Å². The van der Waals surface area contributed by atoms with Gasteiger partial charge in [0.1, 0.15) is 13.2 Å². The molecule has 1 aromatic rings. The minimum Gasteiger partial charge on any atom is -0.486 e. The van der Waals surface area contributed by atoms with Gasteiger partial charge in [-0.05, 0) is 18.6 Å². The molecule has 1 aromatic carbocycles. The molecule has 0 saturated heterocycles. The molecular weight excluding hydrogens is 242 g/mol. The topological polar surface area (TPSA) is 47.6 Å². The first kappa shape index (κ1) is 13.7. The van der Waals surface area contributed by atoms with Crippen molar-refractivity contribution in [2.75, 3.05) is 18.5 Å². The number of carbonyl (C=O) groups is 1. The molecule has 1 aliphatic rings. The van der Waals surface area contributed by atoms with Crippen LogP contribution in [0.5, 0.6) is 11.5 Å². The van der Waals surface area contributed by atoms with E-state index in [1.165, 1.54) is 12.8 Å². The van der Waals surface area contributed by atoms with Crippen molar-refractivity contribution in [3.63, 3.8) is 0 Å². The Bertz CT molecular complexity index is 431. The van der Waals surface area contributed by atoms with E-state index in [1.807, 2.05) is 18.2 Å². The summed E-state index contributed by atoms with van der Waals surface area (Å²) >= 11 is 0. The maximum atomic E-state index is 11.8. The monoisotopic (exact) mass is 263 g/mol. The summed E-state index contributed by atoms with van der Waals surface area (Å²) in [5.41, 5.74) is 0.768. The van der Waals surface area contributed by atoms with E-state index in [-0.39, 0.29) is 5.91 Å². The van der Waals surface area contributed by atoms with Crippen molar-refractivity contribution in [1.29, 1.82) is 0 Å². The lowest BCUT2D eigenvalue weighted by Crippen LogP contribution is -2.16. The number of carbonyl (C=O) groups excluding carboxylic acids is 1. The van der Waals surface area contributed by atoms with E-state index < -0.39 is 0 Å². The van der Waals surface area contributed by atoms with Crippen LogP contribution in [0.2, 0.25) is 0 Å². The Hall–Kier alpha value is -1.71. The molecule has 0 aliphatic carbocycles. The van der Waals surface area contributed by atoms with Crippen molar-refractivity contribution in [3.05, 3.63) is 18.2 Å². The molecule has 19 heavy (non-hydrogen) atoms. The fraction of sp³-hybridized carbons (Fsp3) is 0.533. The van der Waals surface area contributed by atoms with Crippen molar-refractivity contribution in [2.45, 2.75) is 39.0 Å². The molecule has 104 valence electrons. The largest absolute Gasteiger partial charge is 0.486 e. The molecule has 0 aromatic heterocycles. The van der Waals surface area contributed by atoms with Gasteiger partial charge in [0.2, 0.25) is 5.91 Å². The number of nitrogens with one attached hydrogen (secondary N) is 1. The van der Waals surface area contributed by atoms with Gasteiger partial charge in [0.05, 0.1) is 0 Å². The molecule has 1 heterocycles. The second-order valence-corrected chi connectivity index (χ2v) is 4.72. The number of hydrogen-bond acceptors (Lipinski definition) is 3. The molecule has 0 unspecified atom stereocenters. The highest BCUT2D eigenvalue weighted by Crippen LogP contribution is 2.32. The van der Waals surface area contributed by atoms with Crippen LogP contribution in [0.1, 0.15) is 39.0 Å². The normalized spacial score (nSPS) is 13.1. The molecule has 0 spiro atoms. The van der Waals surface area contributed by atoms with Gasteiger partial charge in [-0.1, -0.05) is 26.2 Å². The standard InChI is InChI=1S/C15H21NO3/c1-2-3-4-5-6-15(17)16-12-7-8-13-14(11-12)19-10-9-18-13/h7-8,11H,2-6,9-10H2,1H3,(H,16,17). The first-order chi connectivity index (χ1) is 9.29. The lowest BCUT2D eigenvalue weighted by atomic mass is 10.1. The van der Waals surface area contributed by atoms with Gasteiger partial charge in [-0.3, -0.25) is 4.79 Å². The molecule has 1 aliphatic heterocycles. The summed E-state index contributed by atoms with van der Waals surface area (Å²) in [6, 6.07) is 5.50. The Morgan fingerprint density at radius 2 is 1.95 bits per heavy atom. The summed E-state index contributed by atoms with van der Waals surface area (Å²) in [6.45, 7) is 3.30. The van der Waals surface area contributed by atoms with Gasteiger partial charge < -0.3 is 14.8 Å². The van der Waals surface area contributed by atoms with Crippen molar-refractivity contribution in [1.82, 2.24) is 0 Å². The van der Waals surface area contributed by atoms with Crippen LogP contribution in [-0.2, 0) is 4.79 Å².